The minimum absolute atomic E-state index is 0.310. The normalized spacial score (nSPS) is 12.9. The van der Waals surface area contributed by atoms with Crippen molar-refractivity contribution in [1.82, 2.24) is 19.9 Å². The van der Waals surface area contributed by atoms with Crippen LogP contribution in [-0.2, 0) is 13.0 Å². The molecule has 2 aromatic rings. The number of hydrogen-bond acceptors (Lipinski definition) is 5. The lowest BCUT2D eigenvalue weighted by Gasteiger charge is -2.22. The highest BCUT2D eigenvalue weighted by molar-refractivity contribution is 7.09. The van der Waals surface area contributed by atoms with Crippen LogP contribution in [0.4, 0.5) is 0 Å². The first kappa shape index (κ1) is 13.1. The molecule has 0 saturated heterocycles. The molecule has 0 amide bonds. The predicted octanol–water partition coefficient (Wildman–Crippen LogP) is 2.69. The van der Waals surface area contributed by atoms with E-state index in [9.17, 15) is 0 Å². The topological polar surface area (TPSA) is 41.9 Å². The average molecular weight is 262 g/mol. The third-order valence-electron chi connectivity index (χ3n) is 2.96. The van der Waals surface area contributed by atoms with Crippen LogP contribution >= 0.6 is 11.3 Å². The lowest BCUT2D eigenvalue weighted by atomic mass is 10.3. The molecule has 5 heteroatoms. The molecule has 0 saturated carbocycles. The van der Waals surface area contributed by atoms with E-state index >= 15 is 0 Å². The van der Waals surface area contributed by atoms with Crippen molar-refractivity contribution in [2.24, 2.45) is 0 Å². The summed E-state index contributed by atoms with van der Waals surface area (Å²) in [5.74, 6) is 0.905. The molecule has 1 atom stereocenters. The van der Waals surface area contributed by atoms with Crippen LogP contribution in [0.25, 0.3) is 0 Å². The van der Waals surface area contributed by atoms with Crippen molar-refractivity contribution in [3.63, 3.8) is 0 Å². The van der Waals surface area contributed by atoms with Crippen LogP contribution in [0.1, 0.15) is 36.4 Å². The molecule has 2 heterocycles. The number of aromatic nitrogens is 3. The Morgan fingerprint density at radius 1 is 1.33 bits per heavy atom. The Morgan fingerprint density at radius 3 is 2.83 bits per heavy atom. The molecule has 0 aliphatic rings. The average Bonchev–Trinajstić information content (AvgIpc) is 2.92. The molecule has 0 fully saturated rings. The highest BCUT2D eigenvalue weighted by atomic mass is 32.1. The Morgan fingerprint density at radius 2 is 2.17 bits per heavy atom. The summed E-state index contributed by atoms with van der Waals surface area (Å²) in [6, 6.07) is 2.29. The van der Waals surface area contributed by atoms with Gasteiger partial charge in [-0.1, -0.05) is 6.92 Å². The summed E-state index contributed by atoms with van der Waals surface area (Å²) in [6.07, 6.45) is 4.56. The molecule has 4 nitrogen and oxygen atoms in total. The SMILES string of the molecule is CCc1nccc(CN(C)[C@@H](C)c2nccs2)n1. The second-order valence-electron chi connectivity index (χ2n) is 4.28. The van der Waals surface area contributed by atoms with Crippen molar-refractivity contribution in [1.29, 1.82) is 0 Å². The van der Waals surface area contributed by atoms with Gasteiger partial charge in [0.15, 0.2) is 0 Å². The molecule has 0 aliphatic heterocycles. The zero-order valence-electron chi connectivity index (χ0n) is 11.0. The Labute approximate surface area is 112 Å². The van der Waals surface area contributed by atoms with Gasteiger partial charge >= 0.3 is 0 Å². The molecule has 0 aliphatic carbocycles. The maximum atomic E-state index is 4.53. The van der Waals surface area contributed by atoms with Crippen LogP contribution < -0.4 is 0 Å². The first-order valence-electron chi connectivity index (χ1n) is 6.11. The minimum Gasteiger partial charge on any atom is -0.291 e. The predicted molar refractivity (Wildman–Crippen MR) is 73.4 cm³/mol. The van der Waals surface area contributed by atoms with Gasteiger partial charge in [-0.15, -0.1) is 11.3 Å². The van der Waals surface area contributed by atoms with Crippen LogP contribution in [0, 0.1) is 0 Å². The molecule has 0 radical (unpaired) electrons. The third-order valence-corrected chi connectivity index (χ3v) is 3.91. The minimum atomic E-state index is 0.310. The van der Waals surface area contributed by atoms with Crippen LogP contribution in [0.15, 0.2) is 23.8 Å². The molecule has 0 spiro atoms. The number of nitrogens with zero attached hydrogens (tertiary/aromatic N) is 4. The Balaban J connectivity index is 2.04. The number of thiazole rings is 1. The maximum absolute atomic E-state index is 4.53. The van der Waals surface area contributed by atoms with E-state index in [0.29, 0.717) is 6.04 Å². The highest BCUT2D eigenvalue weighted by Gasteiger charge is 2.14. The van der Waals surface area contributed by atoms with Gasteiger partial charge in [0.1, 0.15) is 10.8 Å². The summed E-state index contributed by atoms with van der Waals surface area (Å²) in [5, 5.41) is 3.15. The molecule has 0 unspecified atom stereocenters. The summed E-state index contributed by atoms with van der Waals surface area (Å²) in [4.78, 5) is 15.4. The quantitative estimate of drug-likeness (QED) is 0.831. The van der Waals surface area contributed by atoms with Gasteiger partial charge in [0.25, 0.3) is 0 Å². The van der Waals surface area contributed by atoms with Gasteiger partial charge in [0.05, 0.1) is 11.7 Å². The molecule has 0 bridgehead atoms. The van der Waals surface area contributed by atoms with Crippen molar-refractivity contribution in [3.05, 3.63) is 40.4 Å². The molecular formula is C13H18N4S. The van der Waals surface area contributed by atoms with Crippen LogP contribution in [-0.4, -0.2) is 26.9 Å². The number of aryl methyl sites for hydroxylation is 1. The summed E-state index contributed by atoms with van der Waals surface area (Å²) in [6.45, 7) is 5.05. The molecule has 96 valence electrons. The lowest BCUT2D eigenvalue weighted by molar-refractivity contribution is 0.249. The van der Waals surface area contributed by atoms with E-state index in [0.717, 1.165) is 29.5 Å². The van der Waals surface area contributed by atoms with Gasteiger partial charge in [-0.2, -0.15) is 0 Å². The Kier molecular flexibility index (Phi) is 4.38. The molecule has 18 heavy (non-hydrogen) atoms. The van der Waals surface area contributed by atoms with E-state index in [1.807, 2.05) is 23.8 Å². The summed E-state index contributed by atoms with van der Waals surface area (Å²) in [7, 11) is 2.10. The zero-order chi connectivity index (χ0) is 13.0. The fraction of sp³-hybridized carbons (Fsp3) is 0.462. The monoisotopic (exact) mass is 262 g/mol. The van der Waals surface area contributed by atoms with E-state index in [4.69, 9.17) is 0 Å². The van der Waals surface area contributed by atoms with Crippen LogP contribution in [0.2, 0.25) is 0 Å². The van der Waals surface area contributed by atoms with Crippen molar-refractivity contribution >= 4 is 11.3 Å². The summed E-state index contributed by atoms with van der Waals surface area (Å²) >= 11 is 1.69. The van der Waals surface area contributed by atoms with E-state index in [2.05, 4.69) is 40.7 Å². The first-order chi connectivity index (χ1) is 8.70. The smallest absolute Gasteiger partial charge is 0.128 e. The molecule has 0 N–H and O–H groups in total. The van der Waals surface area contributed by atoms with E-state index < -0.39 is 0 Å². The van der Waals surface area contributed by atoms with E-state index in [1.54, 1.807) is 11.3 Å². The van der Waals surface area contributed by atoms with Crippen LogP contribution in [0.3, 0.4) is 0 Å². The molecule has 2 rings (SSSR count). The number of rotatable bonds is 5. The maximum Gasteiger partial charge on any atom is 0.128 e. The second-order valence-corrected chi connectivity index (χ2v) is 5.21. The molecular weight excluding hydrogens is 244 g/mol. The van der Waals surface area contributed by atoms with Crippen molar-refractivity contribution in [2.75, 3.05) is 7.05 Å². The summed E-state index contributed by atoms with van der Waals surface area (Å²) in [5.41, 5.74) is 1.06. The fourth-order valence-corrected chi connectivity index (χ4v) is 2.48. The number of hydrogen-bond donors (Lipinski definition) is 0. The highest BCUT2D eigenvalue weighted by Crippen LogP contribution is 2.21. The van der Waals surface area contributed by atoms with Gasteiger partial charge in [-0.25, -0.2) is 15.0 Å². The van der Waals surface area contributed by atoms with Gasteiger partial charge < -0.3 is 0 Å². The van der Waals surface area contributed by atoms with E-state index in [1.165, 1.54) is 0 Å². The first-order valence-corrected chi connectivity index (χ1v) is 6.99. The van der Waals surface area contributed by atoms with Crippen LogP contribution in [0.5, 0.6) is 0 Å². The van der Waals surface area contributed by atoms with Crippen molar-refractivity contribution in [3.8, 4) is 0 Å². The van der Waals surface area contributed by atoms with E-state index in [-0.39, 0.29) is 0 Å². The Bertz CT molecular complexity index is 483. The standard InChI is InChI=1S/C13H18N4S/c1-4-12-14-6-5-11(16-12)9-17(3)10(2)13-15-7-8-18-13/h5-8,10H,4,9H2,1-3H3/t10-/m0/s1. The third kappa shape index (κ3) is 3.11. The molecule has 0 aromatic carbocycles. The zero-order valence-corrected chi connectivity index (χ0v) is 11.8. The van der Waals surface area contributed by atoms with Gasteiger partial charge in [0, 0.05) is 30.7 Å². The van der Waals surface area contributed by atoms with Gasteiger partial charge in [0.2, 0.25) is 0 Å². The van der Waals surface area contributed by atoms with Gasteiger partial charge in [-0.05, 0) is 20.0 Å². The fourth-order valence-electron chi connectivity index (χ4n) is 1.72. The summed E-state index contributed by atoms with van der Waals surface area (Å²) < 4.78 is 0. The van der Waals surface area contributed by atoms with Crippen molar-refractivity contribution < 1.29 is 0 Å². The van der Waals surface area contributed by atoms with Crippen molar-refractivity contribution in [2.45, 2.75) is 32.9 Å². The molecule has 2 aromatic heterocycles. The lowest BCUT2D eigenvalue weighted by Crippen LogP contribution is -2.22. The Hall–Kier alpha value is -1.33. The van der Waals surface area contributed by atoms with Gasteiger partial charge in [-0.3, -0.25) is 4.90 Å². The largest absolute Gasteiger partial charge is 0.291 e. The second kappa shape index (κ2) is 6.02.